The van der Waals surface area contributed by atoms with Gasteiger partial charge < -0.3 is 9.88 Å². The molecule has 0 bridgehead atoms. The Morgan fingerprint density at radius 1 is 1.00 bits per heavy atom. The number of hydrogen-bond donors (Lipinski definition) is 1. The number of benzene rings is 3. The van der Waals surface area contributed by atoms with Crippen molar-refractivity contribution in [3.63, 3.8) is 0 Å². The van der Waals surface area contributed by atoms with E-state index in [-0.39, 0.29) is 22.9 Å². The minimum absolute atomic E-state index is 0.174. The molecule has 0 spiro atoms. The van der Waals surface area contributed by atoms with E-state index in [0.29, 0.717) is 11.1 Å². The van der Waals surface area contributed by atoms with E-state index in [1.165, 1.54) is 0 Å². The monoisotopic (exact) mass is 412 g/mol. The number of rotatable bonds is 4. The Bertz CT molecular complexity index is 1330. The maximum Gasteiger partial charge on any atom is 0.261 e. The zero-order valence-electron chi connectivity index (χ0n) is 16.5. The predicted octanol–water partition coefficient (Wildman–Crippen LogP) is 5.52. The van der Waals surface area contributed by atoms with Crippen LogP contribution in [-0.4, -0.2) is 10.5 Å². The third-order valence-electron chi connectivity index (χ3n) is 5.48. The molecule has 1 atom stereocenters. The second-order valence-corrected chi connectivity index (χ2v) is 8.63. The van der Waals surface area contributed by atoms with Gasteiger partial charge in [-0.1, -0.05) is 54.2 Å². The molecule has 30 heavy (non-hydrogen) atoms. The first kappa shape index (κ1) is 18.7. The lowest BCUT2D eigenvalue weighted by Crippen LogP contribution is -2.24. The Morgan fingerprint density at radius 2 is 1.77 bits per heavy atom. The van der Waals surface area contributed by atoms with E-state index in [0.717, 1.165) is 27.3 Å². The number of aromatic nitrogens is 1. The molecule has 148 valence electrons. The minimum Gasteiger partial charge on any atom is -0.343 e. The van der Waals surface area contributed by atoms with Gasteiger partial charge in [0.2, 0.25) is 5.43 Å². The number of amides is 1. The number of pyridine rings is 1. The summed E-state index contributed by atoms with van der Waals surface area (Å²) in [4.78, 5) is 28.2. The van der Waals surface area contributed by atoms with Gasteiger partial charge in [-0.25, -0.2) is 0 Å². The molecular formula is C25H20N2O2S. The first-order valence-corrected chi connectivity index (χ1v) is 10.7. The summed E-state index contributed by atoms with van der Waals surface area (Å²) in [7, 11) is 0. The zero-order chi connectivity index (χ0) is 20.7. The van der Waals surface area contributed by atoms with Crippen molar-refractivity contribution in [3.05, 3.63) is 100 Å². The van der Waals surface area contributed by atoms with Crippen LogP contribution in [0.25, 0.3) is 10.9 Å². The van der Waals surface area contributed by atoms with E-state index in [2.05, 4.69) is 22.9 Å². The van der Waals surface area contributed by atoms with E-state index in [4.69, 9.17) is 0 Å². The van der Waals surface area contributed by atoms with E-state index < -0.39 is 0 Å². The van der Waals surface area contributed by atoms with Gasteiger partial charge in [0.05, 0.1) is 11.2 Å². The van der Waals surface area contributed by atoms with Crippen molar-refractivity contribution in [2.75, 3.05) is 5.32 Å². The molecule has 0 radical (unpaired) electrons. The third-order valence-corrected chi connectivity index (χ3v) is 6.56. The molecule has 0 saturated heterocycles. The fourth-order valence-electron chi connectivity index (χ4n) is 4.04. The third kappa shape index (κ3) is 3.21. The topological polar surface area (TPSA) is 51.1 Å². The second kappa shape index (κ2) is 7.50. The number of carbonyl (C=O) groups excluding carboxylic acids is 1. The molecule has 5 heteroatoms. The smallest absolute Gasteiger partial charge is 0.261 e. The molecule has 1 amide bonds. The van der Waals surface area contributed by atoms with E-state index in [1.807, 2.05) is 66.7 Å². The zero-order valence-corrected chi connectivity index (χ0v) is 17.3. The lowest BCUT2D eigenvalue weighted by molar-refractivity contribution is 0.102. The van der Waals surface area contributed by atoms with Crippen LogP contribution in [0.15, 0.2) is 93.6 Å². The number of hydrogen-bond acceptors (Lipinski definition) is 3. The number of nitrogens with zero attached hydrogens (tertiary/aromatic N) is 1. The normalized spacial score (nSPS) is 14.8. The lowest BCUT2D eigenvalue weighted by Gasteiger charge is -2.14. The van der Waals surface area contributed by atoms with Crippen molar-refractivity contribution in [2.24, 2.45) is 0 Å². The number of para-hydroxylation sites is 2. The van der Waals surface area contributed by atoms with Crippen LogP contribution in [0.4, 0.5) is 5.69 Å². The Labute approximate surface area is 178 Å². The quantitative estimate of drug-likeness (QED) is 0.480. The van der Waals surface area contributed by atoms with Gasteiger partial charge in [0.25, 0.3) is 5.91 Å². The fourth-order valence-corrected chi connectivity index (χ4v) is 4.96. The molecule has 2 heterocycles. The van der Waals surface area contributed by atoms with Gasteiger partial charge in [-0.15, -0.1) is 0 Å². The fraction of sp³-hybridized carbons (Fsp3) is 0.120. The van der Waals surface area contributed by atoms with Crippen molar-refractivity contribution in [1.82, 2.24) is 4.57 Å². The van der Waals surface area contributed by atoms with Gasteiger partial charge >= 0.3 is 0 Å². The molecule has 0 aliphatic carbocycles. The average molecular weight is 413 g/mol. The van der Waals surface area contributed by atoms with Crippen molar-refractivity contribution in [3.8, 4) is 0 Å². The number of anilines is 1. The van der Waals surface area contributed by atoms with Gasteiger partial charge in [-0.3, -0.25) is 9.59 Å². The maximum absolute atomic E-state index is 13.1. The molecule has 3 aromatic carbocycles. The molecule has 0 unspecified atom stereocenters. The Kier molecular flexibility index (Phi) is 4.68. The summed E-state index contributed by atoms with van der Waals surface area (Å²) >= 11 is 1.58. The van der Waals surface area contributed by atoms with Crippen molar-refractivity contribution in [2.45, 2.75) is 29.2 Å². The molecular weight excluding hydrogens is 392 g/mol. The molecule has 0 saturated carbocycles. The molecule has 5 rings (SSSR count). The van der Waals surface area contributed by atoms with Crippen LogP contribution in [-0.2, 0) is 6.42 Å². The largest absolute Gasteiger partial charge is 0.343 e. The highest BCUT2D eigenvalue weighted by Crippen LogP contribution is 2.34. The van der Waals surface area contributed by atoms with Gasteiger partial charge in [0, 0.05) is 27.4 Å². The summed E-state index contributed by atoms with van der Waals surface area (Å²) in [5.74, 6) is -0.378. The summed E-state index contributed by atoms with van der Waals surface area (Å²) in [5, 5.41) is 3.57. The SMILES string of the molecule is C[C@@H]1Cc2cccc3c(=O)c(C(=O)Nc4ccccc4Sc4ccccc4)cn1c23. The van der Waals surface area contributed by atoms with Gasteiger partial charge in [0.1, 0.15) is 5.56 Å². The molecule has 1 aromatic heterocycles. The predicted molar refractivity (Wildman–Crippen MR) is 122 cm³/mol. The summed E-state index contributed by atoms with van der Waals surface area (Å²) < 4.78 is 2.06. The molecule has 1 aliphatic heterocycles. The van der Waals surface area contributed by atoms with Crippen LogP contribution in [0.3, 0.4) is 0 Å². The summed E-state index contributed by atoms with van der Waals surface area (Å²) in [6.07, 6.45) is 2.59. The average Bonchev–Trinajstić information content (AvgIpc) is 3.08. The highest BCUT2D eigenvalue weighted by atomic mass is 32.2. The van der Waals surface area contributed by atoms with Crippen LogP contribution in [0.2, 0.25) is 0 Å². The number of nitrogens with one attached hydrogen (secondary N) is 1. The van der Waals surface area contributed by atoms with Gasteiger partial charge in [-0.2, -0.15) is 0 Å². The standard InChI is InChI=1S/C25H20N2O2S/c1-16-14-17-8-7-11-19-23(17)27(16)15-20(24(19)28)25(29)26-21-12-5-6-13-22(21)30-18-9-3-2-4-10-18/h2-13,15-16H,14H2,1H3,(H,26,29)/t16-/m1/s1. The van der Waals surface area contributed by atoms with Crippen molar-refractivity contribution >= 4 is 34.3 Å². The van der Waals surface area contributed by atoms with Crippen LogP contribution in [0, 0.1) is 0 Å². The Hall–Kier alpha value is -3.31. The highest BCUT2D eigenvalue weighted by Gasteiger charge is 2.24. The van der Waals surface area contributed by atoms with Crippen LogP contribution in [0.1, 0.15) is 28.9 Å². The molecule has 4 aromatic rings. The first-order valence-electron chi connectivity index (χ1n) is 9.92. The molecule has 1 aliphatic rings. The minimum atomic E-state index is -0.378. The summed E-state index contributed by atoms with van der Waals surface area (Å²) in [6.45, 7) is 2.11. The molecule has 0 fully saturated rings. The van der Waals surface area contributed by atoms with Gasteiger partial charge in [-0.05, 0) is 49.2 Å². The van der Waals surface area contributed by atoms with E-state index >= 15 is 0 Å². The van der Waals surface area contributed by atoms with Crippen LogP contribution >= 0.6 is 11.8 Å². The Morgan fingerprint density at radius 3 is 2.60 bits per heavy atom. The molecule has 4 nitrogen and oxygen atoms in total. The summed E-state index contributed by atoms with van der Waals surface area (Å²) in [6, 6.07) is 23.6. The van der Waals surface area contributed by atoms with Crippen LogP contribution in [0.5, 0.6) is 0 Å². The first-order chi connectivity index (χ1) is 14.6. The van der Waals surface area contributed by atoms with E-state index in [9.17, 15) is 9.59 Å². The van der Waals surface area contributed by atoms with Crippen LogP contribution < -0.4 is 10.7 Å². The maximum atomic E-state index is 13.1. The van der Waals surface area contributed by atoms with Crippen molar-refractivity contribution < 1.29 is 4.79 Å². The van der Waals surface area contributed by atoms with Gasteiger partial charge in [0.15, 0.2) is 0 Å². The molecule has 1 N–H and O–H groups in total. The Balaban J connectivity index is 1.52. The van der Waals surface area contributed by atoms with E-state index in [1.54, 1.807) is 18.0 Å². The summed E-state index contributed by atoms with van der Waals surface area (Å²) in [5.41, 5.74) is 2.76. The van der Waals surface area contributed by atoms with Crippen molar-refractivity contribution in [1.29, 1.82) is 0 Å². The number of carbonyl (C=O) groups is 1. The second-order valence-electron chi connectivity index (χ2n) is 7.51. The lowest BCUT2D eigenvalue weighted by atomic mass is 10.1. The highest BCUT2D eigenvalue weighted by molar-refractivity contribution is 7.99.